The van der Waals surface area contributed by atoms with Crippen LogP contribution in [0.15, 0.2) is 34.5 Å². The highest BCUT2D eigenvalue weighted by Crippen LogP contribution is 2.38. The van der Waals surface area contributed by atoms with Crippen molar-refractivity contribution in [3.05, 3.63) is 40.6 Å². The van der Waals surface area contributed by atoms with Crippen LogP contribution in [-0.2, 0) is 17.1 Å². The minimum atomic E-state index is -3.63. The number of rotatable bonds is 5. The number of nitrogens with zero attached hydrogens (tertiary/aromatic N) is 4. The van der Waals surface area contributed by atoms with Crippen LogP contribution in [0.1, 0.15) is 56.2 Å². The van der Waals surface area contributed by atoms with Gasteiger partial charge in [0, 0.05) is 37.5 Å². The van der Waals surface area contributed by atoms with E-state index in [1.54, 1.807) is 24.0 Å². The quantitative estimate of drug-likeness (QED) is 0.847. The van der Waals surface area contributed by atoms with Gasteiger partial charge >= 0.3 is 0 Å². The minimum absolute atomic E-state index is 0.0228. The second-order valence-corrected chi connectivity index (χ2v) is 8.87. The third-order valence-corrected chi connectivity index (χ3v) is 6.74. The molecule has 2 saturated carbocycles. The summed E-state index contributed by atoms with van der Waals surface area (Å²) in [6.45, 7) is 0. The van der Waals surface area contributed by atoms with E-state index in [0.29, 0.717) is 18.8 Å². The van der Waals surface area contributed by atoms with E-state index < -0.39 is 10.0 Å². The van der Waals surface area contributed by atoms with Crippen LogP contribution in [0.4, 0.5) is 0 Å². The molecule has 0 saturated heterocycles. The Balaban J connectivity index is 1.42. The molecule has 9 heteroatoms. The molecule has 2 fully saturated rings. The highest BCUT2D eigenvalue weighted by molar-refractivity contribution is 7.89. The van der Waals surface area contributed by atoms with Crippen LogP contribution in [0.5, 0.6) is 0 Å². The maximum absolute atomic E-state index is 12.5. The normalized spacial score (nSPS) is 23.9. The number of aryl methyl sites for hydroxylation is 1. The Bertz CT molecular complexity index is 953. The summed E-state index contributed by atoms with van der Waals surface area (Å²) in [6.07, 6.45) is 8.18. The molecule has 8 nitrogen and oxygen atoms in total. The van der Waals surface area contributed by atoms with Crippen molar-refractivity contribution < 1.29 is 8.42 Å². The van der Waals surface area contributed by atoms with Crippen LogP contribution in [0.2, 0.25) is 0 Å². The monoisotopic (exact) mass is 377 g/mol. The van der Waals surface area contributed by atoms with Gasteiger partial charge in [-0.1, -0.05) is 0 Å². The molecule has 0 spiro atoms. The number of imidazole rings is 1. The highest BCUT2D eigenvalue weighted by Gasteiger charge is 2.30. The summed E-state index contributed by atoms with van der Waals surface area (Å²) in [7, 11) is -1.97. The van der Waals surface area contributed by atoms with Crippen molar-refractivity contribution in [2.75, 3.05) is 0 Å². The lowest BCUT2D eigenvalue weighted by atomic mass is 9.92. The van der Waals surface area contributed by atoms with Crippen LogP contribution in [0.3, 0.4) is 0 Å². The Morgan fingerprint density at radius 2 is 1.85 bits per heavy atom. The van der Waals surface area contributed by atoms with Gasteiger partial charge in [0.1, 0.15) is 0 Å². The first-order valence-electron chi connectivity index (χ1n) is 9.03. The number of nitrogens with one attached hydrogen (secondary N) is 1. The fourth-order valence-corrected chi connectivity index (χ4v) is 5.04. The molecule has 1 N–H and O–H groups in total. The third-order valence-electron chi connectivity index (χ3n) is 5.22. The van der Waals surface area contributed by atoms with Crippen molar-refractivity contribution in [3.8, 4) is 0 Å². The van der Waals surface area contributed by atoms with Gasteiger partial charge in [-0.2, -0.15) is 5.10 Å². The van der Waals surface area contributed by atoms with Gasteiger partial charge in [-0.15, -0.1) is 0 Å². The predicted octanol–water partition coefficient (Wildman–Crippen LogP) is 1.32. The van der Waals surface area contributed by atoms with Crippen molar-refractivity contribution in [2.45, 2.75) is 61.7 Å². The largest absolute Gasteiger partial charge is 0.324 e. The van der Waals surface area contributed by atoms with Crippen molar-refractivity contribution >= 4 is 10.0 Å². The predicted molar refractivity (Wildman–Crippen MR) is 95.3 cm³/mol. The zero-order valence-corrected chi connectivity index (χ0v) is 15.5. The van der Waals surface area contributed by atoms with E-state index in [0.717, 1.165) is 31.4 Å². The Hall–Kier alpha value is -2.00. The lowest BCUT2D eigenvalue weighted by Crippen LogP contribution is -2.40. The van der Waals surface area contributed by atoms with Crippen LogP contribution in [-0.4, -0.2) is 33.8 Å². The first-order valence-corrected chi connectivity index (χ1v) is 10.5. The molecule has 0 amide bonds. The van der Waals surface area contributed by atoms with Gasteiger partial charge in [-0.3, -0.25) is 4.79 Å². The zero-order chi connectivity index (χ0) is 18.3. The molecule has 2 aromatic heterocycles. The summed E-state index contributed by atoms with van der Waals surface area (Å²) in [5, 5.41) is 4.58. The Morgan fingerprint density at radius 1 is 1.12 bits per heavy atom. The van der Waals surface area contributed by atoms with Crippen molar-refractivity contribution in [2.24, 2.45) is 7.05 Å². The lowest BCUT2D eigenvalue weighted by Gasteiger charge is -2.29. The summed E-state index contributed by atoms with van der Waals surface area (Å²) < 4.78 is 30.7. The van der Waals surface area contributed by atoms with Gasteiger partial charge in [0.15, 0.2) is 0 Å². The van der Waals surface area contributed by atoms with Crippen molar-refractivity contribution in [1.82, 2.24) is 24.1 Å². The van der Waals surface area contributed by atoms with E-state index in [2.05, 4.69) is 14.8 Å². The fourth-order valence-electron chi connectivity index (χ4n) is 3.62. The summed E-state index contributed by atoms with van der Waals surface area (Å²) in [6, 6.07) is 3.34. The van der Waals surface area contributed by atoms with E-state index in [4.69, 9.17) is 0 Å². The second kappa shape index (κ2) is 6.62. The summed E-state index contributed by atoms with van der Waals surface area (Å²) >= 11 is 0. The number of sulfonamides is 1. The average Bonchev–Trinajstić information content (AvgIpc) is 3.36. The Labute approximate surface area is 152 Å². The standard InChI is InChI=1S/C17H23N5O3S/c1-21-11-10-18-17(21)26(24,25)20-13-4-6-14(7-5-13)22-16(23)9-8-15(19-22)12-2-3-12/h8-14,20H,2-7H2,1H3. The zero-order valence-electron chi connectivity index (χ0n) is 14.7. The number of hydrogen-bond acceptors (Lipinski definition) is 5. The molecule has 0 radical (unpaired) electrons. The molecule has 0 unspecified atom stereocenters. The van der Waals surface area contributed by atoms with Crippen LogP contribution >= 0.6 is 0 Å². The maximum atomic E-state index is 12.5. The molecule has 2 aromatic rings. The van der Waals surface area contributed by atoms with E-state index in [-0.39, 0.29) is 22.8 Å². The third kappa shape index (κ3) is 3.45. The van der Waals surface area contributed by atoms with Gasteiger partial charge < -0.3 is 4.57 Å². The highest BCUT2D eigenvalue weighted by atomic mass is 32.2. The fraction of sp³-hybridized carbons (Fsp3) is 0.588. The molecule has 26 heavy (non-hydrogen) atoms. The van der Waals surface area contributed by atoms with E-state index in [1.165, 1.54) is 10.8 Å². The smallest absolute Gasteiger partial charge is 0.274 e. The van der Waals surface area contributed by atoms with Gasteiger partial charge in [0.25, 0.3) is 15.6 Å². The van der Waals surface area contributed by atoms with E-state index in [1.807, 2.05) is 6.07 Å². The lowest BCUT2D eigenvalue weighted by molar-refractivity contribution is 0.283. The summed E-state index contributed by atoms with van der Waals surface area (Å²) in [5.74, 6) is 0.503. The van der Waals surface area contributed by atoms with Crippen molar-refractivity contribution in [3.63, 3.8) is 0 Å². The molecule has 2 aliphatic rings. The molecular formula is C17H23N5O3S. The van der Waals surface area contributed by atoms with E-state index in [9.17, 15) is 13.2 Å². The van der Waals surface area contributed by atoms with Crippen LogP contribution < -0.4 is 10.3 Å². The molecule has 2 heterocycles. The Kier molecular flexibility index (Phi) is 4.44. The maximum Gasteiger partial charge on any atom is 0.274 e. The molecule has 0 bridgehead atoms. The average molecular weight is 377 g/mol. The van der Waals surface area contributed by atoms with Gasteiger partial charge in [0.2, 0.25) is 5.16 Å². The molecule has 0 atom stereocenters. The molecule has 2 aliphatic carbocycles. The van der Waals surface area contributed by atoms with E-state index >= 15 is 0 Å². The molecule has 4 rings (SSSR count). The molecule has 140 valence electrons. The van der Waals surface area contributed by atoms with Crippen LogP contribution in [0.25, 0.3) is 0 Å². The second-order valence-electron chi connectivity index (χ2n) is 7.26. The molecular weight excluding hydrogens is 354 g/mol. The first-order chi connectivity index (χ1) is 12.4. The first kappa shape index (κ1) is 17.4. The Morgan fingerprint density at radius 3 is 2.46 bits per heavy atom. The van der Waals surface area contributed by atoms with Crippen LogP contribution in [0, 0.1) is 0 Å². The van der Waals surface area contributed by atoms with Gasteiger partial charge in [-0.25, -0.2) is 22.8 Å². The molecule has 0 aromatic carbocycles. The SMILES string of the molecule is Cn1ccnc1S(=O)(=O)NC1CCC(n2nc(C3CC3)ccc2=O)CC1. The number of hydrogen-bond donors (Lipinski definition) is 1. The summed E-state index contributed by atoms with van der Waals surface area (Å²) in [4.78, 5) is 16.1. The van der Waals surface area contributed by atoms with Gasteiger partial charge in [-0.05, 0) is 44.6 Å². The number of aromatic nitrogens is 4. The van der Waals surface area contributed by atoms with Gasteiger partial charge in [0.05, 0.1) is 11.7 Å². The molecule has 0 aliphatic heterocycles. The topological polar surface area (TPSA) is 98.9 Å². The minimum Gasteiger partial charge on any atom is -0.324 e. The van der Waals surface area contributed by atoms with Crippen molar-refractivity contribution in [1.29, 1.82) is 0 Å². The summed E-state index contributed by atoms with van der Waals surface area (Å²) in [5.41, 5.74) is 0.925.